The van der Waals surface area contributed by atoms with E-state index >= 15 is 0 Å². The molecule has 0 aromatic heterocycles. The summed E-state index contributed by atoms with van der Waals surface area (Å²) in [6, 6.07) is 7.02. The molecule has 1 amide bonds. The summed E-state index contributed by atoms with van der Waals surface area (Å²) in [4.78, 5) is 23.8. The van der Waals surface area contributed by atoms with Gasteiger partial charge >= 0.3 is 5.97 Å². The maximum Gasteiger partial charge on any atom is 0.329 e. The maximum atomic E-state index is 12.3. The predicted octanol–water partition coefficient (Wildman–Crippen LogP) is 2.21. The number of methoxy groups -OCH3 is 1. The molecule has 0 fully saturated rings. The summed E-state index contributed by atoms with van der Waals surface area (Å²) in [5, 5.41) is 12.0. The average molecular weight is 279 g/mol. The summed E-state index contributed by atoms with van der Waals surface area (Å²) in [6.07, 6.45) is 0.661. The lowest BCUT2D eigenvalue weighted by Gasteiger charge is -2.28. The summed E-state index contributed by atoms with van der Waals surface area (Å²) in [5.74, 6) is -1.40. The molecule has 0 aliphatic rings. The van der Waals surface area contributed by atoms with Gasteiger partial charge in [0.25, 0.3) is 5.91 Å². The van der Waals surface area contributed by atoms with Gasteiger partial charge in [-0.25, -0.2) is 4.79 Å². The second-order valence-corrected chi connectivity index (χ2v) is 4.64. The molecule has 5 nitrogen and oxygen atoms in total. The van der Waals surface area contributed by atoms with E-state index in [-0.39, 0.29) is 5.91 Å². The molecule has 0 atom stereocenters. The van der Waals surface area contributed by atoms with Gasteiger partial charge in [-0.3, -0.25) is 4.79 Å². The number of hydrogen-bond acceptors (Lipinski definition) is 3. The Hall–Kier alpha value is -1.88. The summed E-state index contributed by atoms with van der Waals surface area (Å²) < 4.78 is 5.05. The van der Waals surface area contributed by atoms with Crippen molar-refractivity contribution < 1.29 is 19.4 Å². The maximum absolute atomic E-state index is 12.3. The highest BCUT2D eigenvalue weighted by atomic mass is 16.5. The first kappa shape index (κ1) is 16.2. The lowest BCUT2D eigenvalue weighted by Crippen LogP contribution is -2.53. The molecular formula is C15H21NO4. The van der Waals surface area contributed by atoms with E-state index in [2.05, 4.69) is 5.32 Å². The Balaban J connectivity index is 3.04. The molecule has 0 heterocycles. The van der Waals surface area contributed by atoms with E-state index in [4.69, 9.17) is 4.74 Å². The Kier molecular flexibility index (Phi) is 5.70. The van der Waals surface area contributed by atoms with Gasteiger partial charge in [0.2, 0.25) is 0 Å². The van der Waals surface area contributed by atoms with Crippen LogP contribution in [0.4, 0.5) is 0 Å². The molecule has 0 radical (unpaired) electrons. The number of carbonyl (C=O) groups excluding carboxylic acids is 1. The number of rotatable bonds is 7. The van der Waals surface area contributed by atoms with Gasteiger partial charge in [0.15, 0.2) is 0 Å². The van der Waals surface area contributed by atoms with Crippen LogP contribution in [-0.4, -0.2) is 29.6 Å². The number of carboxylic acid groups (broad SMARTS) is 1. The van der Waals surface area contributed by atoms with Gasteiger partial charge in [-0.2, -0.15) is 0 Å². The quantitative estimate of drug-likeness (QED) is 0.802. The Morgan fingerprint density at radius 1 is 1.25 bits per heavy atom. The smallest absolute Gasteiger partial charge is 0.329 e. The van der Waals surface area contributed by atoms with Gasteiger partial charge in [-0.15, -0.1) is 0 Å². The highest BCUT2D eigenvalue weighted by molar-refractivity contribution is 5.99. The molecular weight excluding hydrogens is 258 g/mol. The van der Waals surface area contributed by atoms with E-state index in [0.29, 0.717) is 25.0 Å². The number of benzene rings is 1. The van der Waals surface area contributed by atoms with Crippen LogP contribution in [0.1, 0.15) is 42.6 Å². The average Bonchev–Trinajstić information content (AvgIpc) is 2.45. The van der Waals surface area contributed by atoms with Gasteiger partial charge < -0.3 is 15.2 Å². The van der Waals surface area contributed by atoms with Crippen LogP contribution in [0, 0.1) is 0 Å². The molecule has 0 bridgehead atoms. The van der Waals surface area contributed by atoms with Crippen molar-refractivity contribution in [3.8, 4) is 0 Å². The predicted molar refractivity (Wildman–Crippen MR) is 75.6 cm³/mol. The normalized spacial score (nSPS) is 11.2. The van der Waals surface area contributed by atoms with Crippen LogP contribution >= 0.6 is 0 Å². The minimum atomic E-state index is -1.22. The van der Waals surface area contributed by atoms with Crippen molar-refractivity contribution >= 4 is 11.9 Å². The number of nitrogens with one attached hydrogen (secondary N) is 1. The summed E-state index contributed by atoms with van der Waals surface area (Å²) in [7, 11) is 1.55. The Bertz CT molecular complexity index is 481. The zero-order chi connectivity index (χ0) is 15.2. The second kappa shape index (κ2) is 7.05. The standard InChI is InChI=1S/C15H21NO4/c1-4-15(5-2,14(18)19)16-13(17)12-9-7-6-8-11(12)10-20-3/h6-9H,4-5,10H2,1-3H3,(H,16,17)(H,18,19). The molecule has 0 spiro atoms. The van der Waals surface area contributed by atoms with E-state index in [1.54, 1.807) is 39.2 Å². The number of carboxylic acids is 1. The fraction of sp³-hybridized carbons (Fsp3) is 0.467. The van der Waals surface area contributed by atoms with E-state index in [0.717, 1.165) is 5.56 Å². The van der Waals surface area contributed by atoms with Gasteiger partial charge in [0.05, 0.1) is 6.61 Å². The molecule has 0 aliphatic carbocycles. The Labute approximate surface area is 118 Å². The van der Waals surface area contributed by atoms with Crippen molar-refractivity contribution in [2.45, 2.75) is 38.8 Å². The molecule has 2 N–H and O–H groups in total. The van der Waals surface area contributed by atoms with Crippen LogP contribution in [0.3, 0.4) is 0 Å². The number of amides is 1. The largest absolute Gasteiger partial charge is 0.480 e. The first-order valence-electron chi connectivity index (χ1n) is 6.63. The van der Waals surface area contributed by atoms with Gasteiger partial charge in [-0.1, -0.05) is 32.0 Å². The van der Waals surface area contributed by atoms with Crippen molar-refractivity contribution in [3.63, 3.8) is 0 Å². The minimum Gasteiger partial charge on any atom is -0.480 e. The fourth-order valence-corrected chi connectivity index (χ4v) is 2.09. The topological polar surface area (TPSA) is 75.6 Å². The van der Waals surface area contributed by atoms with Crippen LogP contribution in [0.15, 0.2) is 24.3 Å². The first-order valence-corrected chi connectivity index (χ1v) is 6.63. The molecule has 0 saturated heterocycles. The molecule has 20 heavy (non-hydrogen) atoms. The van der Waals surface area contributed by atoms with Gasteiger partial charge in [0, 0.05) is 12.7 Å². The Morgan fingerprint density at radius 3 is 2.35 bits per heavy atom. The van der Waals surface area contributed by atoms with Gasteiger partial charge in [-0.05, 0) is 24.5 Å². The first-order chi connectivity index (χ1) is 9.50. The third-order valence-electron chi connectivity index (χ3n) is 3.53. The van der Waals surface area contributed by atoms with Crippen molar-refractivity contribution in [2.75, 3.05) is 7.11 Å². The fourth-order valence-electron chi connectivity index (χ4n) is 2.09. The molecule has 1 rings (SSSR count). The van der Waals surface area contributed by atoms with Crippen molar-refractivity contribution in [1.82, 2.24) is 5.32 Å². The van der Waals surface area contributed by atoms with Crippen molar-refractivity contribution in [3.05, 3.63) is 35.4 Å². The molecule has 0 aliphatic heterocycles. The summed E-state index contributed by atoms with van der Waals surface area (Å²) >= 11 is 0. The third-order valence-corrected chi connectivity index (χ3v) is 3.53. The monoisotopic (exact) mass is 279 g/mol. The Morgan fingerprint density at radius 2 is 1.85 bits per heavy atom. The highest BCUT2D eigenvalue weighted by Gasteiger charge is 2.36. The van der Waals surface area contributed by atoms with E-state index in [1.165, 1.54) is 0 Å². The van der Waals surface area contributed by atoms with Crippen LogP contribution < -0.4 is 5.32 Å². The van der Waals surface area contributed by atoms with Crippen molar-refractivity contribution in [2.24, 2.45) is 0 Å². The number of ether oxygens (including phenoxy) is 1. The number of aliphatic carboxylic acids is 1. The molecule has 0 unspecified atom stereocenters. The van der Waals surface area contributed by atoms with Crippen LogP contribution in [-0.2, 0) is 16.1 Å². The third kappa shape index (κ3) is 3.36. The number of carbonyl (C=O) groups is 2. The molecule has 5 heteroatoms. The second-order valence-electron chi connectivity index (χ2n) is 4.64. The van der Waals surface area contributed by atoms with Crippen LogP contribution in [0.25, 0.3) is 0 Å². The lowest BCUT2D eigenvalue weighted by molar-refractivity contribution is -0.144. The highest BCUT2D eigenvalue weighted by Crippen LogP contribution is 2.18. The van der Waals surface area contributed by atoms with E-state index < -0.39 is 11.5 Å². The van der Waals surface area contributed by atoms with E-state index in [9.17, 15) is 14.7 Å². The number of hydrogen-bond donors (Lipinski definition) is 2. The molecule has 110 valence electrons. The van der Waals surface area contributed by atoms with Crippen LogP contribution in [0.2, 0.25) is 0 Å². The SMILES string of the molecule is CCC(CC)(NC(=O)c1ccccc1COC)C(=O)O. The van der Waals surface area contributed by atoms with E-state index in [1.807, 2.05) is 6.07 Å². The summed E-state index contributed by atoms with van der Waals surface area (Å²) in [6.45, 7) is 3.81. The zero-order valence-electron chi connectivity index (χ0n) is 12.1. The lowest BCUT2D eigenvalue weighted by atomic mass is 9.92. The van der Waals surface area contributed by atoms with Crippen molar-refractivity contribution in [1.29, 1.82) is 0 Å². The minimum absolute atomic E-state index is 0.307. The molecule has 0 saturated carbocycles. The molecule has 1 aromatic rings. The van der Waals surface area contributed by atoms with Gasteiger partial charge in [0.1, 0.15) is 5.54 Å². The zero-order valence-corrected chi connectivity index (χ0v) is 12.1. The molecule has 1 aromatic carbocycles. The van der Waals surface area contributed by atoms with Crippen LogP contribution in [0.5, 0.6) is 0 Å². The summed E-state index contributed by atoms with van der Waals surface area (Å²) in [5.41, 5.74) is -0.0436.